The van der Waals surface area contributed by atoms with Crippen LogP contribution in [-0.2, 0) is 9.53 Å². The normalized spacial score (nSPS) is 23.8. The van der Waals surface area contributed by atoms with Crippen LogP contribution in [0, 0.1) is 12.8 Å². The van der Waals surface area contributed by atoms with Crippen molar-refractivity contribution in [2.75, 3.05) is 32.8 Å². The second kappa shape index (κ2) is 11.9. The van der Waals surface area contributed by atoms with Crippen LogP contribution in [0.3, 0.4) is 0 Å². The number of carbonyl (C=O) groups is 1. The van der Waals surface area contributed by atoms with Crippen molar-refractivity contribution >= 4 is 30.7 Å². The molecular weight excluding hydrogens is 385 g/mol. The van der Waals surface area contributed by atoms with Crippen molar-refractivity contribution in [2.24, 2.45) is 11.7 Å². The molecule has 1 heterocycles. The van der Waals surface area contributed by atoms with E-state index in [9.17, 15) is 4.79 Å². The second-order valence-corrected chi connectivity index (χ2v) is 7.50. The molecular formula is C20H33Cl2N3O2. The number of morpholine rings is 1. The van der Waals surface area contributed by atoms with Crippen molar-refractivity contribution in [1.29, 1.82) is 0 Å². The fraction of sp³-hybridized carbons (Fsp3) is 0.650. The lowest BCUT2D eigenvalue weighted by atomic mass is 9.98. The molecule has 27 heavy (non-hydrogen) atoms. The smallest absolute Gasteiger partial charge is 0.220 e. The molecule has 1 unspecified atom stereocenters. The van der Waals surface area contributed by atoms with E-state index in [2.05, 4.69) is 41.4 Å². The summed E-state index contributed by atoms with van der Waals surface area (Å²) in [4.78, 5) is 15.0. The van der Waals surface area contributed by atoms with Crippen LogP contribution in [0.15, 0.2) is 24.3 Å². The Morgan fingerprint density at radius 2 is 1.89 bits per heavy atom. The molecule has 1 aromatic carbocycles. The van der Waals surface area contributed by atoms with Gasteiger partial charge in [0.1, 0.15) is 0 Å². The maximum absolute atomic E-state index is 12.6. The highest BCUT2D eigenvalue weighted by Crippen LogP contribution is 2.27. The van der Waals surface area contributed by atoms with Gasteiger partial charge in [-0.3, -0.25) is 9.69 Å². The quantitative estimate of drug-likeness (QED) is 0.746. The van der Waals surface area contributed by atoms with Gasteiger partial charge in [0.05, 0.1) is 19.3 Å². The van der Waals surface area contributed by atoms with Crippen molar-refractivity contribution in [2.45, 2.75) is 44.7 Å². The first-order chi connectivity index (χ1) is 12.1. The molecule has 0 bridgehead atoms. The Bertz CT molecular complexity index is 565. The molecule has 1 saturated carbocycles. The molecule has 0 spiro atoms. The highest BCUT2D eigenvalue weighted by atomic mass is 35.5. The minimum atomic E-state index is 0. The summed E-state index contributed by atoms with van der Waals surface area (Å²) < 4.78 is 5.44. The molecule has 5 nitrogen and oxygen atoms in total. The molecule has 1 aliphatic carbocycles. The summed E-state index contributed by atoms with van der Waals surface area (Å²) in [6, 6.07) is 8.68. The van der Waals surface area contributed by atoms with Gasteiger partial charge >= 0.3 is 0 Å². The summed E-state index contributed by atoms with van der Waals surface area (Å²) in [5.74, 6) is 0.461. The molecule has 1 aliphatic heterocycles. The molecule has 154 valence electrons. The number of halogens is 2. The van der Waals surface area contributed by atoms with Crippen LogP contribution in [0.1, 0.15) is 42.9 Å². The Balaban J connectivity index is 0.00000182. The van der Waals surface area contributed by atoms with Crippen molar-refractivity contribution < 1.29 is 9.53 Å². The van der Waals surface area contributed by atoms with Gasteiger partial charge in [0.15, 0.2) is 0 Å². The van der Waals surface area contributed by atoms with Crippen molar-refractivity contribution in [3.8, 4) is 0 Å². The number of hydrogen-bond acceptors (Lipinski definition) is 4. The van der Waals surface area contributed by atoms with Gasteiger partial charge in [0.25, 0.3) is 0 Å². The van der Waals surface area contributed by atoms with Gasteiger partial charge in [0, 0.05) is 32.1 Å². The summed E-state index contributed by atoms with van der Waals surface area (Å²) in [6.45, 7) is 6.30. The van der Waals surface area contributed by atoms with Crippen LogP contribution in [0.4, 0.5) is 0 Å². The SMILES string of the molecule is Cc1ccc(C(CN2CCOCC2)NC(=O)C[C@@H]2CCC[C@H]2N)cc1.Cl.Cl. The van der Waals surface area contributed by atoms with Gasteiger partial charge in [-0.05, 0) is 31.2 Å². The molecule has 3 N–H and O–H groups in total. The van der Waals surface area contributed by atoms with E-state index in [1.165, 1.54) is 11.1 Å². The molecule has 0 aromatic heterocycles. The largest absolute Gasteiger partial charge is 0.379 e. The summed E-state index contributed by atoms with van der Waals surface area (Å²) in [7, 11) is 0. The van der Waals surface area contributed by atoms with Gasteiger partial charge in [0.2, 0.25) is 5.91 Å². The Labute approximate surface area is 175 Å². The van der Waals surface area contributed by atoms with E-state index >= 15 is 0 Å². The number of aryl methyl sites for hydroxylation is 1. The number of amides is 1. The Morgan fingerprint density at radius 1 is 1.22 bits per heavy atom. The summed E-state index contributed by atoms with van der Waals surface area (Å²) in [5.41, 5.74) is 8.53. The van der Waals surface area contributed by atoms with Crippen LogP contribution < -0.4 is 11.1 Å². The van der Waals surface area contributed by atoms with E-state index in [0.29, 0.717) is 12.3 Å². The topological polar surface area (TPSA) is 67.6 Å². The Morgan fingerprint density at radius 3 is 2.48 bits per heavy atom. The lowest BCUT2D eigenvalue weighted by Crippen LogP contribution is -2.43. The van der Waals surface area contributed by atoms with Crippen molar-refractivity contribution in [3.05, 3.63) is 35.4 Å². The summed E-state index contributed by atoms with van der Waals surface area (Å²) >= 11 is 0. The monoisotopic (exact) mass is 417 g/mol. The van der Waals surface area contributed by atoms with E-state index < -0.39 is 0 Å². The first kappa shape index (κ1) is 24.2. The van der Waals surface area contributed by atoms with Gasteiger partial charge in [-0.2, -0.15) is 0 Å². The molecule has 0 radical (unpaired) electrons. The number of nitrogens with two attached hydrogens (primary N) is 1. The van der Waals surface area contributed by atoms with Crippen LogP contribution in [0.2, 0.25) is 0 Å². The van der Waals surface area contributed by atoms with E-state index in [1.54, 1.807) is 0 Å². The van der Waals surface area contributed by atoms with E-state index in [4.69, 9.17) is 10.5 Å². The third-order valence-corrected chi connectivity index (χ3v) is 5.52. The average Bonchev–Trinajstić information content (AvgIpc) is 3.01. The number of nitrogens with zero attached hydrogens (tertiary/aromatic N) is 1. The number of carbonyl (C=O) groups excluding carboxylic acids is 1. The number of nitrogens with one attached hydrogen (secondary N) is 1. The standard InChI is InChI=1S/C20H31N3O2.2ClH/c1-15-5-7-16(8-6-15)19(14-23-9-11-25-12-10-23)22-20(24)13-17-3-2-4-18(17)21;;/h5-8,17-19H,2-4,9-14,21H2,1H3,(H,22,24);2*1H/t17-,18+,19?;;/m0../s1. The number of rotatable bonds is 6. The van der Waals surface area contributed by atoms with E-state index in [1.807, 2.05) is 0 Å². The number of benzene rings is 1. The first-order valence-electron chi connectivity index (χ1n) is 9.53. The molecule has 1 amide bonds. The van der Waals surface area contributed by atoms with Crippen LogP contribution in [-0.4, -0.2) is 49.7 Å². The molecule has 3 atom stereocenters. The first-order valence-corrected chi connectivity index (χ1v) is 9.53. The van der Waals surface area contributed by atoms with Crippen LogP contribution >= 0.6 is 24.8 Å². The third kappa shape index (κ3) is 7.24. The highest BCUT2D eigenvalue weighted by Gasteiger charge is 2.27. The zero-order valence-corrected chi connectivity index (χ0v) is 17.7. The molecule has 2 aliphatic rings. The molecule has 2 fully saturated rings. The molecule has 3 rings (SSSR count). The lowest BCUT2D eigenvalue weighted by Gasteiger charge is -2.31. The fourth-order valence-electron chi connectivity index (χ4n) is 3.89. The minimum absolute atomic E-state index is 0. The van der Waals surface area contributed by atoms with Crippen molar-refractivity contribution in [1.82, 2.24) is 10.2 Å². The summed E-state index contributed by atoms with van der Waals surface area (Å²) in [5, 5.41) is 3.27. The predicted molar refractivity (Wildman–Crippen MR) is 114 cm³/mol. The molecule has 7 heteroatoms. The maximum Gasteiger partial charge on any atom is 0.220 e. The Kier molecular flexibility index (Phi) is 10.6. The highest BCUT2D eigenvalue weighted by molar-refractivity contribution is 5.85. The zero-order valence-electron chi connectivity index (χ0n) is 16.1. The zero-order chi connectivity index (χ0) is 17.6. The number of hydrogen-bond donors (Lipinski definition) is 2. The predicted octanol–water partition coefficient (Wildman–Crippen LogP) is 2.85. The van der Waals surface area contributed by atoms with Gasteiger partial charge in [-0.15, -0.1) is 24.8 Å². The average molecular weight is 418 g/mol. The second-order valence-electron chi connectivity index (χ2n) is 7.50. The van der Waals surface area contributed by atoms with Crippen LogP contribution in [0.25, 0.3) is 0 Å². The maximum atomic E-state index is 12.6. The molecule has 1 saturated heterocycles. The molecule has 1 aromatic rings. The lowest BCUT2D eigenvalue weighted by molar-refractivity contribution is -0.123. The van der Waals surface area contributed by atoms with Gasteiger partial charge in [-0.25, -0.2) is 0 Å². The summed E-state index contributed by atoms with van der Waals surface area (Å²) in [6.07, 6.45) is 3.82. The van der Waals surface area contributed by atoms with Crippen LogP contribution in [0.5, 0.6) is 0 Å². The Hall–Kier alpha value is -0.850. The van der Waals surface area contributed by atoms with Crippen molar-refractivity contribution in [3.63, 3.8) is 0 Å². The van der Waals surface area contributed by atoms with E-state index in [0.717, 1.165) is 52.1 Å². The van der Waals surface area contributed by atoms with Gasteiger partial charge < -0.3 is 15.8 Å². The van der Waals surface area contributed by atoms with Gasteiger partial charge in [-0.1, -0.05) is 36.2 Å². The minimum Gasteiger partial charge on any atom is -0.379 e. The third-order valence-electron chi connectivity index (χ3n) is 5.52. The fourth-order valence-corrected chi connectivity index (χ4v) is 3.89. The van der Waals surface area contributed by atoms with E-state index in [-0.39, 0.29) is 42.8 Å². The number of ether oxygens (including phenoxy) is 1.